The van der Waals surface area contributed by atoms with Crippen LogP contribution in [0.2, 0.25) is 0 Å². The number of likely N-dealkylation sites (tertiary alicyclic amines) is 1. The molecule has 0 bridgehead atoms. The third kappa shape index (κ3) is 3.16. The monoisotopic (exact) mass is 160 g/mol. The summed E-state index contributed by atoms with van der Waals surface area (Å²) in [6.45, 7) is 2.96. The number of halogens is 1. The predicted octanol–water partition coefficient (Wildman–Crippen LogP) is 0.769. The van der Waals surface area contributed by atoms with Gasteiger partial charge in [-0.3, -0.25) is 4.39 Å². The Labute approximate surface area is 67.6 Å². The molecule has 1 aliphatic rings. The van der Waals surface area contributed by atoms with Crippen LogP contribution >= 0.6 is 0 Å². The Balaban J connectivity index is 1.99. The van der Waals surface area contributed by atoms with Crippen molar-refractivity contribution < 1.29 is 4.39 Å². The summed E-state index contributed by atoms with van der Waals surface area (Å²) in [5, 5.41) is 0. The molecule has 66 valence electrons. The maximum Gasteiger partial charge on any atom is 0.0894 e. The first-order valence-electron chi connectivity index (χ1n) is 4.37. The van der Waals surface area contributed by atoms with Gasteiger partial charge in [0.1, 0.15) is 0 Å². The molecule has 0 unspecified atom stereocenters. The summed E-state index contributed by atoms with van der Waals surface area (Å²) in [7, 11) is 0. The highest BCUT2D eigenvalue weighted by atomic mass is 19.1. The van der Waals surface area contributed by atoms with E-state index in [1.165, 1.54) is 0 Å². The van der Waals surface area contributed by atoms with Crippen molar-refractivity contribution in [2.24, 2.45) is 5.73 Å². The molecule has 0 aliphatic carbocycles. The second-order valence-electron chi connectivity index (χ2n) is 3.25. The smallest absolute Gasteiger partial charge is 0.0894 e. The zero-order chi connectivity index (χ0) is 8.10. The van der Waals surface area contributed by atoms with Crippen LogP contribution in [0, 0.1) is 0 Å². The minimum absolute atomic E-state index is 0.181. The maximum absolute atomic E-state index is 11.7. The van der Waals surface area contributed by atoms with E-state index in [1.807, 2.05) is 0 Å². The lowest BCUT2D eigenvalue weighted by Gasteiger charge is -2.13. The van der Waals surface area contributed by atoms with E-state index in [0.29, 0.717) is 12.5 Å². The van der Waals surface area contributed by atoms with Crippen molar-refractivity contribution in [2.75, 3.05) is 26.3 Å². The number of unbranched alkanes of at least 4 members (excludes halogenated alkanes) is 1. The van der Waals surface area contributed by atoms with Crippen LogP contribution in [-0.2, 0) is 0 Å². The van der Waals surface area contributed by atoms with Gasteiger partial charge in [-0.15, -0.1) is 0 Å². The number of rotatable bonds is 4. The van der Waals surface area contributed by atoms with Crippen molar-refractivity contribution in [3.05, 3.63) is 0 Å². The molecule has 2 N–H and O–H groups in total. The molecule has 0 amide bonds. The molecular formula is C8H17FN2. The number of hydrogen-bond donors (Lipinski definition) is 1. The van der Waals surface area contributed by atoms with Gasteiger partial charge in [0, 0.05) is 12.6 Å². The van der Waals surface area contributed by atoms with Crippen molar-refractivity contribution in [3.8, 4) is 0 Å². The molecule has 1 rings (SSSR count). The summed E-state index contributed by atoms with van der Waals surface area (Å²) in [5.74, 6) is 0. The fraction of sp³-hybridized carbons (Fsp3) is 1.00. The average Bonchev–Trinajstić information content (AvgIpc) is 2.37. The van der Waals surface area contributed by atoms with Crippen LogP contribution in [0.25, 0.3) is 0 Å². The lowest BCUT2D eigenvalue weighted by Crippen LogP contribution is -2.27. The van der Waals surface area contributed by atoms with E-state index in [2.05, 4.69) is 4.90 Å². The highest BCUT2D eigenvalue weighted by molar-refractivity contribution is 4.77. The second-order valence-corrected chi connectivity index (χ2v) is 3.25. The fourth-order valence-corrected chi connectivity index (χ4v) is 1.50. The number of alkyl halides is 1. The molecule has 1 fully saturated rings. The van der Waals surface area contributed by atoms with E-state index >= 15 is 0 Å². The molecule has 0 saturated carbocycles. The van der Waals surface area contributed by atoms with E-state index in [4.69, 9.17) is 5.73 Å². The second kappa shape index (κ2) is 4.67. The highest BCUT2D eigenvalue weighted by Crippen LogP contribution is 2.07. The topological polar surface area (TPSA) is 29.3 Å². The summed E-state index contributed by atoms with van der Waals surface area (Å²) >= 11 is 0. The van der Waals surface area contributed by atoms with Gasteiger partial charge < -0.3 is 10.6 Å². The van der Waals surface area contributed by atoms with Gasteiger partial charge in [-0.2, -0.15) is 0 Å². The Bertz CT molecular complexity index is 108. The molecule has 1 aliphatic heterocycles. The number of nitrogens with zero attached hydrogens (tertiary/aromatic N) is 1. The molecule has 0 spiro atoms. The minimum atomic E-state index is -0.181. The van der Waals surface area contributed by atoms with E-state index < -0.39 is 0 Å². The molecule has 11 heavy (non-hydrogen) atoms. The van der Waals surface area contributed by atoms with Crippen molar-refractivity contribution >= 4 is 0 Å². The van der Waals surface area contributed by atoms with Crippen LogP contribution in [0.5, 0.6) is 0 Å². The van der Waals surface area contributed by atoms with Crippen molar-refractivity contribution in [1.82, 2.24) is 4.90 Å². The van der Waals surface area contributed by atoms with Crippen molar-refractivity contribution in [3.63, 3.8) is 0 Å². The Morgan fingerprint density at radius 1 is 1.45 bits per heavy atom. The van der Waals surface area contributed by atoms with Gasteiger partial charge in [-0.05, 0) is 32.4 Å². The van der Waals surface area contributed by atoms with Crippen LogP contribution < -0.4 is 5.73 Å². The summed E-state index contributed by atoms with van der Waals surface area (Å²) in [4.78, 5) is 2.32. The van der Waals surface area contributed by atoms with Crippen molar-refractivity contribution in [2.45, 2.75) is 25.3 Å². The zero-order valence-corrected chi connectivity index (χ0v) is 6.93. The lowest BCUT2D eigenvalue weighted by atomic mass is 10.3. The molecule has 1 heterocycles. The van der Waals surface area contributed by atoms with Gasteiger partial charge in [0.05, 0.1) is 6.67 Å². The normalized spacial score (nSPS) is 26.2. The average molecular weight is 160 g/mol. The van der Waals surface area contributed by atoms with Crippen LogP contribution in [-0.4, -0.2) is 37.3 Å². The summed E-state index contributed by atoms with van der Waals surface area (Å²) in [5.41, 5.74) is 5.71. The van der Waals surface area contributed by atoms with E-state index in [1.54, 1.807) is 0 Å². The first-order chi connectivity index (χ1) is 5.33. The van der Waals surface area contributed by atoms with E-state index in [0.717, 1.165) is 32.5 Å². The summed E-state index contributed by atoms with van der Waals surface area (Å²) in [6.07, 6.45) is 2.78. The number of hydrogen-bond acceptors (Lipinski definition) is 2. The molecule has 0 aromatic rings. The molecular weight excluding hydrogens is 143 g/mol. The molecule has 1 saturated heterocycles. The minimum Gasteiger partial charge on any atom is -0.326 e. The first kappa shape index (κ1) is 8.94. The van der Waals surface area contributed by atoms with Crippen LogP contribution in [0.1, 0.15) is 19.3 Å². The first-order valence-corrected chi connectivity index (χ1v) is 4.37. The van der Waals surface area contributed by atoms with Crippen LogP contribution in [0.3, 0.4) is 0 Å². The standard InChI is InChI=1S/C8H17FN2/c9-4-1-2-5-11-6-3-8(10)7-11/h8H,1-7,10H2/t8-/m0/s1. The van der Waals surface area contributed by atoms with Gasteiger partial charge in [0.25, 0.3) is 0 Å². The molecule has 3 heteroatoms. The Kier molecular flexibility index (Phi) is 3.80. The highest BCUT2D eigenvalue weighted by Gasteiger charge is 2.17. The lowest BCUT2D eigenvalue weighted by molar-refractivity contribution is 0.316. The fourth-order valence-electron chi connectivity index (χ4n) is 1.50. The summed E-state index contributed by atoms with van der Waals surface area (Å²) < 4.78 is 11.7. The summed E-state index contributed by atoms with van der Waals surface area (Å²) in [6, 6.07) is 0.361. The van der Waals surface area contributed by atoms with Crippen LogP contribution in [0.4, 0.5) is 4.39 Å². The third-order valence-electron chi connectivity index (χ3n) is 2.17. The molecule has 1 atom stereocenters. The van der Waals surface area contributed by atoms with Gasteiger partial charge in [-0.25, -0.2) is 0 Å². The molecule has 2 nitrogen and oxygen atoms in total. The van der Waals surface area contributed by atoms with E-state index in [9.17, 15) is 4.39 Å². The Morgan fingerprint density at radius 2 is 2.27 bits per heavy atom. The molecule has 0 aromatic heterocycles. The maximum atomic E-state index is 11.7. The molecule has 0 radical (unpaired) electrons. The predicted molar refractivity (Wildman–Crippen MR) is 44.2 cm³/mol. The Morgan fingerprint density at radius 3 is 2.82 bits per heavy atom. The van der Waals surface area contributed by atoms with Gasteiger partial charge in [0.15, 0.2) is 0 Å². The van der Waals surface area contributed by atoms with E-state index in [-0.39, 0.29) is 6.67 Å². The largest absolute Gasteiger partial charge is 0.326 e. The quantitative estimate of drug-likeness (QED) is 0.615. The number of nitrogens with two attached hydrogens (primary N) is 1. The Hall–Kier alpha value is -0.150. The van der Waals surface area contributed by atoms with Crippen LogP contribution in [0.15, 0.2) is 0 Å². The SMILES string of the molecule is N[C@H]1CCN(CCCCF)C1. The molecule has 0 aromatic carbocycles. The third-order valence-corrected chi connectivity index (χ3v) is 2.17. The van der Waals surface area contributed by atoms with Gasteiger partial charge >= 0.3 is 0 Å². The van der Waals surface area contributed by atoms with Crippen molar-refractivity contribution in [1.29, 1.82) is 0 Å². The van der Waals surface area contributed by atoms with Gasteiger partial charge in [-0.1, -0.05) is 0 Å². The zero-order valence-electron chi connectivity index (χ0n) is 6.93. The van der Waals surface area contributed by atoms with Gasteiger partial charge in [0.2, 0.25) is 0 Å².